The van der Waals surface area contributed by atoms with Crippen LogP contribution in [0.4, 0.5) is 0 Å². The maximum Gasteiger partial charge on any atom is 0.156 e. The van der Waals surface area contributed by atoms with Crippen LogP contribution in [-0.2, 0) is 0 Å². The number of nitrogens with one attached hydrogen (secondary N) is 1. The Hall–Kier alpha value is -0.220. The standard InChI is InChI=1S/C13H25N3S/c1-11-9-15-13(17-10-11)14-6-3-12-4-7-16(2)8-5-12/h11-12H,3-10H2,1-2H3,(H,14,15). The van der Waals surface area contributed by atoms with Gasteiger partial charge in [-0.3, -0.25) is 4.99 Å². The summed E-state index contributed by atoms with van der Waals surface area (Å²) < 4.78 is 0. The van der Waals surface area contributed by atoms with Crippen LogP contribution in [0.3, 0.4) is 0 Å². The third-order valence-electron chi connectivity index (χ3n) is 3.72. The van der Waals surface area contributed by atoms with Crippen molar-refractivity contribution in [2.45, 2.75) is 26.2 Å². The van der Waals surface area contributed by atoms with Gasteiger partial charge in [0.15, 0.2) is 5.17 Å². The Bertz CT molecular complexity index is 259. The van der Waals surface area contributed by atoms with Crippen LogP contribution in [0.5, 0.6) is 0 Å². The zero-order valence-electron chi connectivity index (χ0n) is 11.1. The zero-order chi connectivity index (χ0) is 12.1. The van der Waals surface area contributed by atoms with Crippen molar-refractivity contribution < 1.29 is 0 Å². The predicted molar refractivity (Wildman–Crippen MR) is 76.8 cm³/mol. The summed E-state index contributed by atoms with van der Waals surface area (Å²) in [6.45, 7) is 6.93. The first-order chi connectivity index (χ1) is 8.24. The van der Waals surface area contributed by atoms with Crippen molar-refractivity contribution in [1.29, 1.82) is 0 Å². The van der Waals surface area contributed by atoms with Crippen LogP contribution in [0.25, 0.3) is 0 Å². The van der Waals surface area contributed by atoms with Crippen LogP contribution in [0.1, 0.15) is 26.2 Å². The van der Waals surface area contributed by atoms with Gasteiger partial charge in [0.05, 0.1) is 0 Å². The van der Waals surface area contributed by atoms with Gasteiger partial charge in [0.2, 0.25) is 0 Å². The molecule has 0 aromatic carbocycles. The number of aliphatic imine (C=N–C) groups is 1. The second-order valence-corrected chi connectivity index (χ2v) is 6.53. The monoisotopic (exact) mass is 255 g/mol. The Labute approximate surface area is 109 Å². The molecule has 0 aromatic rings. The van der Waals surface area contributed by atoms with Gasteiger partial charge in [-0.15, -0.1) is 0 Å². The van der Waals surface area contributed by atoms with Gasteiger partial charge in [0.1, 0.15) is 0 Å². The molecule has 1 N–H and O–H groups in total. The van der Waals surface area contributed by atoms with E-state index in [9.17, 15) is 0 Å². The van der Waals surface area contributed by atoms with Crippen LogP contribution >= 0.6 is 11.8 Å². The Morgan fingerprint density at radius 1 is 1.41 bits per heavy atom. The zero-order valence-corrected chi connectivity index (χ0v) is 11.9. The van der Waals surface area contributed by atoms with Crippen molar-refractivity contribution in [2.75, 3.05) is 39.0 Å². The highest BCUT2D eigenvalue weighted by molar-refractivity contribution is 8.13. The van der Waals surface area contributed by atoms with E-state index < -0.39 is 0 Å². The molecular formula is C13H25N3S. The van der Waals surface area contributed by atoms with Gasteiger partial charge in [-0.1, -0.05) is 18.7 Å². The Balaban J connectivity index is 1.60. The van der Waals surface area contributed by atoms with Crippen LogP contribution in [0.2, 0.25) is 0 Å². The highest BCUT2D eigenvalue weighted by Gasteiger charge is 2.17. The van der Waals surface area contributed by atoms with E-state index in [2.05, 4.69) is 29.2 Å². The molecular weight excluding hydrogens is 230 g/mol. The SMILES string of the molecule is CC1CN=C(NCCC2CCN(C)CC2)SC1. The first-order valence-corrected chi connectivity index (χ1v) is 7.82. The Kier molecular flexibility index (Phi) is 5.16. The lowest BCUT2D eigenvalue weighted by Crippen LogP contribution is -2.33. The maximum absolute atomic E-state index is 4.57. The number of amidine groups is 1. The summed E-state index contributed by atoms with van der Waals surface area (Å²) in [6.07, 6.45) is 4.05. The van der Waals surface area contributed by atoms with E-state index in [0.717, 1.165) is 24.9 Å². The molecule has 1 saturated heterocycles. The fourth-order valence-corrected chi connectivity index (χ4v) is 3.32. The summed E-state index contributed by atoms with van der Waals surface area (Å²) in [5.74, 6) is 2.89. The normalized spacial score (nSPS) is 27.9. The van der Waals surface area contributed by atoms with Crippen molar-refractivity contribution in [3.05, 3.63) is 0 Å². The van der Waals surface area contributed by atoms with Gasteiger partial charge in [0, 0.05) is 18.8 Å². The van der Waals surface area contributed by atoms with E-state index in [-0.39, 0.29) is 0 Å². The summed E-state index contributed by atoms with van der Waals surface area (Å²) in [7, 11) is 2.23. The summed E-state index contributed by atoms with van der Waals surface area (Å²) in [6, 6.07) is 0. The second-order valence-electron chi connectivity index (χ2n) is 5.52. The molecule has 2 aliphatic heterocycles. The summed E-state index contributed by atoms with van der Waals surface area (Å²) in [5.41, 5.74) is 0. The van der Waals surface area contributed by atoms with Crippen LogP contribution < -0.4 is 5.32 Å². The fraction of sp³-hybridized carbons (Fsp3) is 0.923. The molecule has 1 fully saturated rings. The molecule has 17 heavy (non-hydrogen) atoms. The molecule has 2 heterocycles. The maximum atomic E-state index is 4.57. The topological polar surface area (TPSA) is 27.6 Å². The number of nitrogens with zero attached hydrogens (tertiary/aromatic N) is 2. The molecule has 0 amide bonds. The van der Waals surface area contributed by atoms with Gasteiger partial charge in [-0.2, -0.15) is 0 Å². The van der Waals surface area contributed by atoms with Gasteiger partial charge < -0.3 is 10.2 Å². The predicted octanol–water partition coefficient (Wildman–Crippen LogP) is 2.05. The third kappa shape index (κ3) is 4.51. The first kappa shape index (κ1) is 13.2. The van der Waals surface area contributed by atoms with Gasteiger partial charge in [0.25, 0.3) is 0 Å². The van der Waals surface area contributed by atoms with E-state index in [1.165, 1.54) is 43.3 Å². The molecule has 2 rings (SSSR count). The minimum absolute atomic E-state index is 0.749. The first-order valence-electron chi connectivity index (χ1n) is 6.83. The van der Waals surface area contributed by atoms with Crippen LogP contribution in [0.15, 0.2) is 4.99 Å². The highest BCUT2D eigenvalue weighted by Crippen LogP contribution is 2.19. The number of piperidine rings is 1. The molecule has 4 heteroatoms. The van der Waals surface area contributed by atoms with Crippen molar-refractivity contribution in [3.8, 4) is 0 Å². The number of likely N-dealkylation sites (tertiary alicyclic amines) is 1. The van der Waals surface area contributed by atoms with Crippen molar-refractivity contribution in [3.63, 3.8) is 0 Å². The summed E-state index contributed by atoms with van der Waals surface area (Å²) >= 11 is 1.89. The lowest BCUT2D eigenvalue weighted by molar-refractivity contribution is 0.213. The van der Waals surface area contributed by atoms with Crippen molar-refractivity contribution in [1.82, 2.24) is 10.2 Å². The molecule has 1 atom stereocenters. The summed E-state index contributed by atoms with van der Waals surface area (Å²) in [5, 5.41) is 4.68. The number of rotatable bonds is 3. The lowest BCUT2D eigenvalue weighted by Gasteiger charge is -2.29. The van der Waals surface area contributed by atoms with Crippen LogP contribution in [-0.4, -0.2) is 49.0 Å². The molecule has 0 bridgehead atoms. The highest BCUT2D eigenvalue weighted by atomic mass is 32.2. The van der Waals surface area contributed by atoms with E-state index >= 15 is 0 Å². The van der Waals surface area contributed by atoms with Crippen molar-refractivity contribution >= 4 is 16.9 Å². The lowest BCUT2D eigenvalue weighted by atomic mass is 9.94. The average Bonchev–Trinajstić information content (AvgIpc) is 2.34. The molecule has 3 nitrogen and oxygen atoms in total. The van der Waals surface area contributed by atoms with Gasteiger partial charge in [-0.25, -0.2) is 0 Å². The number of thioether (sulfide) groups is 1. The van der Waals surface area contributed by atoms with Gasteiger partial charge in [-0.05, 0) is 51.2 Å². The Morgan fingerprint density at radius 2 is 2.18 bits per heavy atom. The number of hydrogen-bond acceptors (Lipinski definition) is 4. The molecule has 0 saturated carbocycles. The van der Waals surface area contributed by atoms with E-state index in [1.54, 1.807) is 0 Å². The molecule has 0 radical (unpaired) electrons. The molecule has 0 aliphatic carbocycles. The van der Waals surface area contributed by atoms with Gasteiger partial charge >= 0.3 is 0 Å². The van der Waals surface area contributed by atoms with E-state index in [4.69, 9.17) is 0 Å². The number of hydrogen-bond donors (Lipinski definition) is 1. The second kappa shape index (κ2) is 6.64. The molecule has 0 aromatic heterocycles. The van der Waals surface area contributed by atoms with Crippen molar-refractivity contribution in [2.24, 2.45) is 16.8 Å². The third-order valence-corrected chi connectivity index (χ3v) is 5.00. The summed E-state index contributed by atoms with van der Waals surface area (Å²) in [4.78, 5) is 7.00. The molecule has 0 spiro atoms. The molecule has 2 aliphatic rings. The minimum Gasteiger partial charge on any atom is -0.365 e. The largest absolute Gasteiger partial charge is 0.365 e. The molecule has 1 unspecified atom stereocenters. The smallest absolute Gasteiger partial charge is 0.156 e. The fourth-order valence-electron chi connectivity index (χ4n) is 2.40. The minimum atomic E-state index is 0.749. The average molecular weight is 255 g/mol. The van der Waals surface area contributed by atoms with E-state index in [1.807, 2.05) is 11.8 Å². The van der Waals surface area contributed by atoms with E-state index in [0.29, 0.717) is 0 Å². The Morgan fingerprint density at radius 3 is 2.82 bits per heavy atom. The van der Waals surface area contributed by atoms with Crippen LogP contribution in [0, 0.1) is 11.8 Å². The molecule has 98 valence electrons. The quantitative estimate of drug-likeness (QED) is 0.836.